The van der Waals surface area contributed by atoms with Gasteiger partial charge in [-0.1, -0.05) is 72.2 Å². The summed E-state index contributed by atoms with van der Waals surface area (Å²) in [5, 5.41) is 8.00. The Labute approximate surface area is 196 Å². The van der Waals surface area contributed by atoms with Gasteiger partial charge in [0.2, 0.25) is 0 Å². The zero-order valence-corrected chi connectivity index (χ0v) is 19.6. The molecule has 0 spiro atoms. The maximum atomic E-state index is 11.5. The molecule has 5 aromatic rings. The number of para-hydroxylation sites is 1. The fraction of sp³-hybridized carbons (Fsp3) is 0.138. The van der Waals surface area contributed by atoms with E-state index < -0.39 is 0 Å². The van der Waals surface area contributed by atoms with Gasteiger partial charge in [-0.3, -0.25) is 0 Å². The molecule has 0 aliphatic carbocycles. The predicted molar refractivity (Wildman–Crippen MR) is 144 cm³/mol. The molecule has 0 aromatic heterocycles. The molecule has 3 nitrogen and oxygen atoms in total. The summed E-state index contributed by atoms with van der Waals surface area (Å²) < 4.78 is 4.95. The van der Waals surface area contributed by atoms with Gasteiger partial charge in [0.25, 0.3) is 0 Å². The van der Waals surface area contributed by atoms with Crippen molar-refractivity contribution in [2.45, 2.75) is 6.92 Å². The molecule has 0 aliphatic heterocycles. The largest absolute Gasteiger partial charge is 0.462 e. The molecule has 0 N–H and O–H groups in total. The van der Waals surface area contributed by atoms with Crippen molar-refractivity contribution in [3.05, 3.63) is 96.6 Å². The molecule has 0 saturated heterocycles. The minimum atomic E-state index is -0.267. The minimum Gasteiger partial charge on any atom is -0.462 e. The quantitative estimate of drug-likeness (QED) is 0.167. The molecule has 0 fully saturated rings. The van der Waals surface area contributed by atoms with Gasteiger partial charge in [-0.15, -0.1) is 0 Å². The molecule has 33 heavy (non-hydrogen) atoms. The number of carbonyl (C=O) groups is 1. The van der Waals surface area contributed by atoms with Gasteiger partial charge in [-0.2, -0.15) is 0 Å². The highest BCUT2D eigenvalue weighted by molar-refractivity contribution is 6.41. The van der Waals surface area contributed by atoms with Crippen molar-refractivity contribution in [2.24, 2.45) is 0 Å². The van der Waals surface area contributed by atoms with Crippen LogP contribution in [0.1, 0.15) is 17.3 Å². The first-order chi connectivity index (χ1) is 16.0. The van der Waals surface area contributed by atoms with Crippen molar-refractivity contribution < 1.29 is 9.53 Å². The van der Waals surface area contributed by atoms with Gasteiger partial charge in [-0.05, 0) is 63.5 Å². The first kappa shape index (κ1) is 22.4. The van der Waals surface area contributed by atoms with Crippen LogP contribution in [0.15, 0.2) is 91.0 Å². The molecule has 5 aromatic carbocycles. The second kappa shape index (κ2) is 9.78. The van der Waals surface area contributed by atoms with Crippen LogP contribution in [0, 0.1) is 0 Å². The van der Waals surface area contributed by atoms with Gasteiger partial charge < -0.3 is 9.64 Å². The van der Waals surface area contributed by atoms with Crippen LogP contribution in [0.3, 0.4) is 0 Å². The lowest BCUT2D eigenvalue weighted by Gasteiger charge is -2.15. The Kier molecular flexibility index (Phi) is 6.64. The van der Waals surface area contributed by atoms with E-state index >= 15 is 0 Å². The summed E-state index contributed by atoms with van der Waals surface area (Å²) >= 11 is 0. The van der Waals surface area contributed by atoms with Crippen LogP contribution in [0.2, 0.25) is 0 Å². The van der Waals surface area contributed by atoms with Crippen molar-refractivity contribution in [1.29, 1.82) is 0 Å². The van der Waals surface area contributed by atoms with E-state index in [9.17, 15) is 4.79 Å². The van der Waals surface area contributed by atoms with Crippen LogP contribution < -0.4 is 10.4 Å². The average molecular weight is 433 g/mol. The molecule has 0 saturated carbocycles. The van der Waals surface area contributed by atoms with Gasteiger partial charge in [0.15, 0.2) is 0 Å². The van der Waals surface area contributed by atoms with Crippen LogP contribution in [-0.4, -0.2) is 34.5 Å². The van der Waals surface area contributed by atoms with Gasteiger partial charge in [0.1, 0.15) is 7.85 Å². The van der Waals surface area contributed by atoms with E-state index in [-0.39, 0.29) is 5.97 Å². The lowest BCUT2D eigenvalue weighted by molar-refractivity contribution is 0.0527. The summed E-state index contributed by atoms with van der Waals surface area (Å²) in [6.07, 6.45) is 0. The number of esters is 1. The van der Waals surface area contributed by atoms with E-state index in [4.69, 9.17) is 4.74 Å². The molecular weight excluding hydrogens is 405 g/mol. The number of rotatable bonds is 3. The van der Waals surface area contributed by atoms with Crippen molar-refractivity contribution in [3.63, 3.8) is 0 Å². The Bertz CT molecular complexity index is 1440. The van der Waals surface area contributed by atoms with Crippen molar-refractivity contribution in [2.75, 3.05) is 25.6 Å². The second-order valence-electron chi connectivity index (χ2n) is 8.29. The summed E-state index contributed by atoms with van der Waals surface area (Å²) in [7, 11) is 5.99. The Balaban J connectivity index is 0.000000166. The Morgan fingerprint density at radius 2 is 1.42 bits per heavy atom. The van der Waals surface area contributed by atoms with Crippen molar-refractivity contribution >= 4 is 57.3 Å². The first-order valence-electron chi connectivity index (χ1n) is 11.2. The first-order valence-corrected chi connectivity index (χ1v) is 11.2. The lowest BCUT2D eigenvalue weighted by atomic mass is 9.87. The van der Waals surface area contributed by atoms with E-state index in [1.807, 2.05) is 37.2 Å². The van der Waals surface area contributed by atoms with Gasteiger partial charge in [-0.25, -0.2) is 4.79 Å². The third-order valence-electron chi connectivity index (χ3n) is 5.82. The molecule has 4 heteroatoms. The number of benzene rings is 5. The summed E-state index contributed by atoms with van der Waals surface area (Å²) in [5.41, 5.74) is 2.84. The maximum absolute atomic E-state index is 11.5. The highest BCUT2D eigenvalue weighted by Crippen LogP contribution is 2.28. The minimum absolute atomic E-state index is 0.267. The summed E-state index contributed by atoms with van der Waals surface area (Å²) in [4.78, 5) is 13.4. The van der Waals surface area contributed by atoms with Crippen LogP contribution in [-0.2, 0) is 4.74 Å². The summed E-state index contributed by atoms with van der Waals surface area (Å²) in [5.74, 6) is -0.267. The Hall–Kier alpha value is -3.79. The monoisotopic (exact) mass is 433 g/mol. The summed E-state index contributed by atoms with van der Waals surface area (Å²) in [6.45, 7) is 2.21. The lowest BCUT2D eigenvalue weighted by Crippen LogP contribution is -2.15. The number of hydrogen-bond donors (Lipinski definition) is 0. The third kappa shape index (κ3) is 4.70. The number of carbonyl (C=O) groups excluding carboxylic acids is 1. The van der Waals surface area contributed by atoms with E-state index in [0.29, 0.717) is 12.2 Å². The second-order valence-corrected chi connectivity index (χ2v) is 8.29. The Morgan fingerprint density at radius 3 is 2.15 bits per heavy atom. The molecule has 0 aliphatic rings. The normalized spacial score (nSPS) is 10.6. The maximum Gasteiger partial charge on any atom is 0.340 e. The van der Waals surface area contributed by atoms with Crippen LogP contribution >= 0.6 is 0 Å². The van der Waals surface area contributed by atoms with Gasteiger partial charge >= 0.3 is 5.97 Å². The zero-order chi connectivity index (χ0) is 23.4. The van der Waals surface area contributed by atoms with E-state index in [1.165, 1.54) is 37.8 Å². The SMILES string of the molecule is Bc1cccc2ccc3cc4ccccc4cc3c12.CCOC(=O)c1ccccc1N(C)C. The third-order valence-corrected chi connectivity index (χ3v) is 5.82. The molecule has 5 rings (SSSR count). The topological polar surface area (TPSA) is 29.5 Å². The van der Waals surface area contributed by atoms with E-state index in [2.05, 4.69) is 74.6 Å². The molecule has 0 radical (unpaired) electrons. The number of ether oxygens (including phenoxy) is 1. The number of anilines is 1. The fourth-order valence-corrected chi connectivity index (χ4v) is 4.23. The van der Waals surface area contributed by atoms with Crippen LogP contribution in [0.4, 0.5) is 5.69 Å². The fourth-order valence-electron chi connectivity index (χ4n) is 4.23. The number of fused-ring (bicyclic) bond motifs is 4. The average Bonchev–Trinajstić information content (AvgIpc) is 2.83. The number of hydrogen-bond acceptors (Lipinski definition) is 3. The molecule has 0 amide bonds. The Morgan fingerprint density at radius 1 is 0.788 bits per heavy atom. The standard InChI is InChI=1S/C18H13B.C11H15NO2/c19-17-7-3-6-12-8-9-15-10-13-4-1-2-5-14(13)11-16(15)18(12)17;1-4-14-11(13)9-7-5-6-8-10(9)12(2)3/h1-11H,19H2;5-8H,4H2,1-3H3. The van der Waals surface area contributed by atoms with E-state index in [1.54, 1.807) is 13.0 Å². The molecule has 0 bridgehead atoms. The molecule has 164 valence electrons. The van der Waals surface area contributed by atoms with Gasteiger partial charge in [0, 0.05) is 14.1 Å². The predicted octanol–water partition coefficient (Wildman–Crippen LogP) is 5.33. The zero-order valence-electron chi connectivity index (χ0n) is 19.6. The highest BCUT2D eigenvalue weighted by Gasteiger charge is 2.12. The van der Waals surface area contributed by atoms with Crippen LogP contribution in [0.25, 0.3) is 32.3 Å². The van der Waals surface area contributed by atoms with Crippen LogP contribution in [0.5, 0.6) is 0 Å². The van der Waals surface area contributed by atoms with Crippen molar-refractivity contribution in [1.82, 2.24) is 0 Å². The number of nitrogens with zero attached hydrogens (tertiary/aromatic N) is 1. The molecular formula is C29H28BNO2. The van der Waals surface area contributed by atoms with Gasteiger partial charge in [0.05, 0.1) is 17.9 Å². The van der Waals surface area contributed by atoms with E-state index in [0.717, 1.165) is 5.69 Å². The summed E-state index contributed by atoms with van der Waals surface area (Å²) in [6, 6.07) is 31.5. The highest BCUT2D eigenvalue weighted by atomic mass is 16.5. The molecule has 0 atom stereocenters. The smallest absolute Gasteiger partial charge is 0.340 e. The van der Waals surface area contributed by atoms with Crippen molar-refractivity contribution in [3.8, 4) is 0 Å². The molecule has 0 unspecified atom stereocenters. The molecule has 0 heterocycles.